The molecule has 0 aliphatic heterocycles. The summed E-state index contributed by atoms with van der Waals surface area (Å²) in [4.78, 5) is 10.9. The first-order valence-corrected chi connectivity index (χ1v) is 4.83. The highest BCUT2D eigenvalue weighted by atomic mass is 16.1. The van der Waals surface area contributed by atoms with Crippen molar-refractivity contribution in [2.45, 2.75) is 39.7 Å². The molecule has 1 rings (SSSR count). The third-order valence-electron chi connectivity index (χ3n) is 2.53. The maximum Gasteiger partial charge on any atom is 0.133 e. The molecule has 0 atom stereocenters. The van der Waals surface area contributed by atoms with Gasteiger partial charge in [0.2, 0.25) is 0 Å². The minimum absolute atomic E-state index is 0.356. The van der Waals surface area contributed by atoms with Gasteiger partial charge >= 0.3 is 0 Å². The number of carbonyl (C=O) groups is 1. The van der Waals surface area contributed by atoms with Crippen molar-refractivity contribution in [2.24, 2.45) is 11.8 Å². The normalized spacial score (nSPS) is 28.7. The van der Waals surface area contributed by atoms with Crippen molar-refractivity contribution in [3.8, 4) is 0 Å². The van der Waals surface area contributed by atoms with Gasteiger partial charge in [0.05, 0.1) is 0 Å². The van der Waals surface area contributed by atoms with Crippen LogP contribution < -0.4 is 5.32 Å². The van der Waals surface area contributed by atoms with E-state index in [9.17, 15) is 4.79 Å². The molecule has 0 spiro atoms. The summed E-state index contributed by atoms with van der Waals surface area (Å²) in [5.74, 6) is 1.42. The third-order valence-corrected chi connectivity index (χ3v) is 2.53. The standard InChI is InChI=1S/C10H19NO/c1-7(2)6-11-10-4-9(5-10)8(3)12/h7,9-11H,4-6H2,1-3H3. The van der Waals surface area contributed by atoms with E-state index < -0.39 is 0 Å². The molecule has 0 saturated heterocycles. The fourth-order valence-corrected chi connectivity index (χ4v) is 1.52. The molecule has 1 aliphatic rings. The highest BCUT2D eigenvalue weighted by Gasteiger charge is 2.31. The van der Waals surface area contributed by atoms with E-state index in [0.29, 0.717) is 23.7 Å². The van der Waals surface area contributed by atoms with Gasteiger partial charge in [-0.15, -0.1) is 0 Å². The fourth-order valence-electron chi connectivity index (χ4n) is 1.52. The topological polar surface area (TPSA) is 29.1 Å². The van der Waals surface area contributed by atoms with E-state index in [-0.39, 0.29) is 0 Å². The van der Waals surface area contributed by atoms with E-state index in [1.165, 1.54) is 0 Å². The number of Topliss-reactive ketones (excluding diaryl/α,β-unsaturated/α-hetero) is 1. The summed E-state index contributed by atoms with van der Waals surface area (Å²) in [5, 5.41) is 3.45. The van der Waals surface area contributed by atoms with Crippen LogP contribution in [0.4, 0.5) is 0 Å². The Morgan fingerprint density at radius 3 is 2.50 bits per heavy atom. The molecule has 0 amide bonds. The third kappa shape index (κ3) is 2.59. The molecule has 12 heavy (non-hydrogen) atoms. The van der Waals surface area contributed by atoms with Gasteiger partial charge in [-0.3, -0.25) is 4.79 Å². The largest absolute Gasteiger partial charge is 0.314 e. The van der Waals surface area contributed by atoms with Gasteiger partial charge in [0.1, 0.15) is 5.78 Å². The number of nitrogens with one attached hydrogen (secondary N) is 1. The minimum atomic E-state index is 0.356. The second kappa shape index (κ2) is 4.04. The van der Waals surface area contributed by atoms with Gasteiger partial charge in [-0.05, 0) is 32.2 Å². The van der Waals surface area contributed by atoms with E-state index in [1.54, 1.807) is 6.92 Å². The molecular weight excluding hydrogens is 150 g/mol. The number of hydrogen-bond acceptors (Lipinski definition) is 2. The average molecular weight is 169 g/mol. The van der Waals surface area contributed by atoms with Crippen LogP contribution >= 0.6 is 0 Å². The van der Waals surface area contributed by atoms with Crippen LogP contribution in [0.25, 0.3) is 0 Å². The van der Waals surface area contributed by atoms with Gasteiger partial charge in [-0.25, -0.2) is 0 Å². The van der Waals surface area contributed by atoms with Crippen LogP contribution in [0.1, 0.15) is 33.6 Å². The van der Waals surface area contributed by atoms with E-state index >= 15 is 0 Å². The molecule has 0 unspecified atom stereocenters. The van der Waals surface area contributed by atoms with Crippen molar-refractivity contribution >= 4 is 5.78 Å². The molecule has 2 heteroatoms. The van der Waals surface area contributed by atoms with Gasteiger partial charge in [0, 0.05) is 12.0 Å². The van der Waals surface area contributed by atoms with Crippen LogP contribution in [0.5, 0.6) is 0 Å². The maximum absolute atomic E-state index is 10.9. The summed E-state index contributed by atoms with van der Waals surface area (Å²) in [6.45, 7) is 7.18. The Kier molecular flexibility index (Phi) is 3.27. The molecule has 0 heterocycles. The van der Waals surface area contributed by atoms with Crippen LogP contribution in [-0.2, 0) is 4.79 Å². The lowest BCUT2D eigenvalue weighted by Gasteiger charge is -2.34. The number of rotatable bonds is 4. The Morgan fingerprint density at radius 1 is 1.50 bits per heavy atom. The number of carbonyl (C=O) groups excluding carboxylic acids is 1. The lowest BCUT2D eigenvalue weighted by Crippen LogP contribution is -2.44. The fraction of sp³-hybridized carbons (Fsp3) is 0.900. The summed E-state index contributed by atoms with van der Waals surface area (Å²) >= 11 is 0. The number of hydrogen-bond donors (Lipinski definition) is 1. The van der Waals surface area contributed by atoms with E-state index in [2.05, 4.69) is 19.2 Å². The smallest absolute Gasteiger partial charge is 0.133 e. The van der Waals surface area contributed by atoms with Gasteiger partial charge < -0.3 is 5.32 Å². The second-order valence-electron chi connectivity index (χ2n) is 4.28. The summed E-state index contributed by atoms with van der Waals surface area (Å²) in [6.07, 6.45) is 2.12. The average Bonchev–Trinajstić information content (AvgIpc) is 1.82. The van der Waals surface area contributed by atoms with Crippen LogP contribution in [0.15, 0.2) is 0 Å². The highest BCUT2D eigenvalue weighted by molar-refractivity contribution is 5.79. The molecule has 1 aliphatic carbocycles. The van der Waals surface area contributed by atoms with E-state index in [1.807, 2.05) is 0 Å². The van der Waals surface area contributed by atoms with E-state index in [4.69, 9.17) is 0 Å². The molecule has 1 fully saturated rings. The van der Waals surface area contributed by atoms with Crippen LogP contribution in [0.2, 0.25) is 0 Å². The SMILES string of the molecule is CC(=O)C1CC(NCC(C)C)C1. The van der Waals surface area contributed by atoms with Crippen molar-refractivity contribution in [1.82, 2.24) is 5.32 Å². The molecule has 0 radical (unpaired) electrons. The minimum Gasteiger partial charge on any atom is -0.314 e. The Bertz CT molecular complexity index is 159. The maximum atomic E-state index is 10.9. The van der Waals surface area contributed by atoms with E-state index in [0.717, 1.165) is 19.4 Å². The second-order valence-corrected chi connectivity index (χ2v) is 4.28. The Labute approximate surface area is 74.7 Å². The van der Waals surface area contributed by atoms with Gasteiger partial charge in [0.15, 0.2) is 0 Å². The van der Waals surface area contributed by atoms with Crippen molar-refractivity contribution < 1.29 is 4.79 Å². The molecule has 0 bridgehead atoms. The molecular formula is C10H19NO. The zero-order chi connectivity index (χ0) is 9.14. The van der Waals surface area contributed by atoms with Crippen molar-refractivity contribution in [2.75, 3.05) is 6.54 Å². The lowest BCUT2D eigenvalue weighted by atomic mass is 9.78. The molecule has 1 saturated carbocycles. The quantitative estimate of drug-likeness (QED) is 0.692. The monoisotopic (exact) mass is 169 g/mol. The first-order chi connectivity index (χ1) is 5.59. The van der Waals surface area contributed by atoms with Crippen LogP contribution in [0.3, 0.4) is 0 Å². The van der Waals surface area contributed by atoms with Crippen LogP contribution in [0, 0.1) is 11.8 Å². The molecule has 2 nitrogen and oxygen atoms in total. The predicted molar refractivity (Wildman–Crippen MR) is 50.0 cm³/mol. The highest BCUT2D eigenvalue weighted by Crippen LogP contribution is 2.27. The molecule has 0 aromatic rings. The lowest BCUT2D eigenvalue weighted by molar-refractivity contribution is -0.123. The summed E-state index contributed by atoms with van der Waals surface area (Å²) in [6, 6.07) is 0.612. The predicted octanol–water partition coefficient (Wildman–Crippen LogP) is 1.60. The molecule has 70 valence electrons. The molecule has 0 aromatic carbocycles. The van der Waals surface area contributed by atoms with Crippen molar-refractivity contribution in [1.29, 1.82) is 0 Å². The van der Waals surface area contributed by atoms with Crippen molar-refractivity contribution in [3.63, 3.8) is 0 Å². The van der Waals surface area contributed by atoms with Gasteiger partial charge in [0.25, 0.3) is 0 Å². The van der Waals surface area contributed by atoms with Crippen molar-refractivity contribution in [3.05, 3.63) is 0 Å². The zero-order valence-electron chi connectivity index (χ0n) is 8.26. The number of ketones is 1. The Hall–Kier alpha value is -0.370. The van der Waals surface area contributed by atoms with Gasteiger partial charge in [-0.1, -0.05) is 13.8 Å². The molecule has 0 aromatic heterocycles. The summed E-state index contributed by atoms with van der Waals surface area (Å²) < 4.78 is 0. The first kappa shape index (κ1) is 9.72. The summed E-state index contributed by atoms with van der Waals surface area (Å²) in [7, 11) is 0. The molecule has 1 N–H and O–H groups in total. The zero-order valence-corrected chi connectivity index (χ0v) is 8.26. The van der Waals surface area contributed by atoms with Gasteiger partial charge in [-0.2, -0.15) is 0 Å². The first-order valence-electron chi connectivity index (χ1n) is 4.83. The summed E-state index contributed by atoms with van der Waals surface area (Å²) in [5.41, 5.74) is 0. The van der Waals surface area contributed by atoms with Crippen LogP contribution in [-0.4, -0.2) is 18.4 Å². The Morgan fingerprint density at radius 2 is 2.08 bits per heavy atom. The Balaban J connectivity index is 2.06.